The number of aromatic nitrogens is 4. The van der Waals surface area contributed by atoms with E-state index in [1.807, 2.05) is 30.3 Å². The minimum atomic E-state index is 0.600. The number of nitrogens with zero attached hydrogens (tertiary/aromatic N) is 4. The maximum Gasteiger partial charge on any atom is 0.182 e. The number of tetrazole rings is 1. The number of benzene rings is 2. The van der Waals surface area contributed by atoms with E-state index in [0.717, 1.165) is 12.0 Å². The van der Waals surface area contributed by atoms with Crippen LogP contribution in [0.1, 0.15) is 5.56 Å². The van der Waals surface area contributed by atoms with Gasteiger partial charge in [-0.25, -0.2) is 4.68 Å². The lowest BCUT2D eigenvalue weighted by Gasteiger charge is -2.06. The molecule has 3 rings (SSSR count). The fourth-order valence-electron chi connectivity index (χ4n) is 2.25. The summed E-state index contributed by atoms with van der Waals surface area (Å²) in [5.74, 6) is 0.671. The zero-order valence-electron chi connectivity index (χ0n) is 11.5. The van der Waals surface area contributed by atoms with Crippen molar-refractivity contribution in [3.05, 3.63) is 54.1 Å². The Morgan fingerprint density at radius 1 is 0.952 bits per heavy atom. The molecule has 2 aromatic carbocycles. The van der Waals surface area contributed by atoms with Gasteiger partial charge in [-0.2, -0.15) is 0 Å². The fourth-order valence-corrected chi connectivity index (χ4v) is 2.25. The first-order valence-corrected chi connectivity index (χ1v) is 6.69. The molecule has 0 unspecified atom stereocenters. The Hall–Kier alpha value is -2.89. The number of aryl methyl sites for hydroxylation is 2. The molecule has 6 heteroatoms. The van der Waals surface area contributed by atoms with Gasteiger partial charge in [-0.15, -0.1) is 5.10 Å². The van der Waals surface area contributed by atoms with Crippen molar-refractivity contribution in [3.63, 3.8) is 0 Å². The summed E-state index contributed by atoms with van der Waals surface area (Å²) < 4.78 is 1.77. The summed E-state index contributed by atoms with van der Waals surface area (Å²) in [4.78, 5) is 0. The molecular weight excluding hydrogens is 264 g/mol. The van der Waals surface area contributed by atoms with E-state index in [4.69, 9.17) is 11.5 Å². The van der Waals surface area contributed by atoms with Crippen LogP contribution >= 0.6 is 0 Å². The highest BCUT2D eigenvalue weighted by Gasteiger charge is 2.10. The van der Waals surface area contributed by atoms with Crippen molar-refractivity contribution >= 4 is 11.4 Å². The Kier molecular flexibility index (Phi) is 3.51. The van der Waals surface area contributed by atoms with Gasteiger partial charge in [-0.1, -0.05) is 30.3 Å². The van der Waals surface area contributed by atoms with Crippen LogP contribution in [-0.4, -0.2) is 20.2 Å². The average Bonchev–Trinajstić information content (AvgIpc) is 2.93. The summed E-state index contributed by atoms with van der Waals surface area (Å²) in [6, 6.07) is 15.6. The Morgan fingerprint density at radius 2 is 1.67 bits per heavy atom. The van der Waals surface area contributed by atoms with Crippen molar-refractivity contribution in [2.24, 2.45) is 0 Å². The van der Waals surface area contributed by atoms with Crippen molar-refractivity contribution in [3.8, 4) is 11.4 Å². The summed E-state index contributed by atoms with van der Waals surface area (Å²) in [5.41, 5.74) is 14.9. The first-order valence-electron chi connectivity index (χ1n) is 6.69. The third kappa shape index (κ3) is 3.00. The number of anilines is 2. The number of rotatable bonds is 4. The molecule has 4 N–H and O–H groups in total. The second-order valence-electron chi connectivity index (χ2n) is 4.85. The van der Waals surface area contributed by atoms with E-state index in [1.54, 1.807) is 10.7 Å². The highest BCUT2D eigenvalue weighted by Crippen LogP contribution is 2.22. The molecule has 0 atom stereocenters. The smallest absolute Gasteiger partial charge is 0.182 e. The third-order valence-corrected chi connectivity index (χ3v) is 3.22. The van der Waals surface area contributed by atoms with Crippen molar-refractivity contribution < 1.29 is 0 Å². The number of nitrogens with two attached hydrogens (primary N) is 2. The maximum atomic E-state index is 5.82. The van der Waals surface area contributed by atoms with Crippen molar-refractivity contribution in [1.82, 2.24) is 20.2 Å². The van der Waals surface area contributed by atoms with Gasteiger partial charge < -0.3 is 11.5 Å². The van der Waals surface area contributed by atoms with Crippen LogP contribution in [0.5, 0.6) is 0 Å². The lowest BCUT2D eigenvalue weighted by atomic mass is 10.1. The molecule has 6 nitrogen and oxygen atoms in total. The highest BCUT2D eigenvalue weighted by atomic mass is 15.5. The summed E-state index contributed by atoms with van der Waals surface area (Å²) in [5, 5.41) is 11.9. The summed E-state index contributed by atoms with van der Waals surface area (Å²) in [6.07, 6.45) is 0.858. The van der Waals surface area contributed by atoms with E-state index in [0.29, 0.717) is 23.7 Å². The van der Waals surface area contributed by atoms with Crippen LogP contribution in [-0.2, 0) is 13.0 Å². The zero-order valence-corrected chi connectivity index (χ0v) is 11.5. The minimum absolute atomic E-state index is 0.600. The number of hydrogen-bond donors (Lipinski definition) is 2. The van der Waals surface area contributed by atoms with Gasteiger partial charge in [0.05, 0.1) is 0 Å². The number of hydrogen-bond acceptors (Lipinski definition) is 5. The van der Waals surface area contributed by atoms with E-state index in [1.165, 1.54) is 5.56 Å². The van der Waals surface area contributed by atoms with Gasteiger partial charge in [0, 0.05) is 23.5 Å². The normalized spacial score (nSPS) is 10.7. The molecule has 0 fully saturated rings. The molecule has 0 saturated heterocycles. The van der Waals surface area contributed by atoms with Crippen molar-refractivity contribution in [2.75, 3.05) is 11.5 Å². The van der Waals surface area contributed by atoms with Crippen LogP contribution in [0.4, 0.5) is 11.4 Å². The van der Waals surface area contributed by atoms with Crippen molar-refractivity contribution in [2.45, 2.75) is 13.0 Å². The molecule has 3 aromatic rings. The molecule has 21 heavy (non-hydrogen) atoms. The number of nitrogen functional groups attached to an aromatic ring is 2. The Morgan fingerprint density at radius 3 is 2.38 bits per heavy atom. The molecule has 106 valence electrons. The minimum Gasteiger partial charge on any atom is -0.399 e. The second kappa shape index (κ2) is 5.62. The van der Waals surface area contributed by atoms with Gasteiger partial charge in [0.15, 0.2) is 5.82 Å². The van der Waals surface area contributed by atoms with E-state index >= 15 is 0 Å². The molecule has 0 aliphatic rings. The SMILES string of the molecule is Nc1cc(N)cc(-c2nnnn2CCc2ccccc2)c1. The van der Waals surface area contributed by atoms with E-state index in [2.05, 4.69) is 27.7 Å². The fraction of sp³-hybridized carbons (Fsp3) is 0.133. The molecule has 1 heterocycles. The molecule has 0 amide bonds. The quantitative estimate of drug-likeness (QED) is 0.710. The lowest BCUT2D eigenvalue weighted by Crippen LogP contribution is -2.06. The van der Waals surface area contributed by atoms with Crippen LogP contribution < -0.4 is 11.5 Å². The summed E-state index contributed by atoms with van der Waals surface area (Å²) in [7, 11) is 0. The predicted octanol–water partition coefficient (Wildman–Crippen LogP) is 1.75. The standard InChI is InChI=1S/C15H16N6/c16-13-8-12(9-14(17)10-13)15-18-19-20-21(15)7-6-11-4-2-1-3-5-11/h1-5,8-10H,6-7,16-17H2. The van der Waals surface area contributed by atoms with Crippen molar-refractivity contribution in [1.29, 1.82) is 0 Å². The topological polar surface area (TPSA) is 95.6 Å². The van der Waals surface area contributed by atoms with Crippen LogP contribution in [0.3, 0.4) is 0 Å². The van der Waals surface area contributed by atoms with Gasteiger partial charge in [-0.3, -0.25) is 0 Å². The summed E-state index contributed by atoms with van der Waals surface area (Å²) in [6.45, 7) is 0.695. The van der Waals surface area contributed by atoms with Gasteiger partial charge in [-0.05, 0) is 40.6 Å². The molecule has 0 spiro atoms. The van der Waals surface area contributed by atoms with E-state index < -0.39 is 0 Å². The molecule has 0 bridgehead atoms. The van der Waals surface area contributed by atoms with E-state index in [-0.39, 0.29) is 0 Å². The Labute approximate surface area is 122 Å². The predicted molar refractivity (Wildman–Crippen MR) is 82.2 cm³/mol. The monoisotopic (exact) mass is 280 g/mol. The Balaban J connectivity index is 1.84. The first-order chi connectivity index (χ1) is 10.2. The molecule has 0 aliphatic carbocycles. The highest BCUT2D eigenvalue weighted by molar-refractivity contribution is 5.67. The molecule has 0 radical (unpaired) electrons. The van der Waals surface area contributed by atoms with Crippen LogP contribution in [0.15, 0.2) is 48.5 Å². The first kappa shape index (κ1) is 13.1. The zero-order chi connectivity index (χ0) is 14.7. The van der Waals surface area contributed by atoms with Gasteiger partial charge in [0.2, 0.25) is 0 Å². The second-order valence-corrected chi connectivity index (χ2v) is 4.85. The van der Waals surface area contributed by atoms with E-state index in [9.17, 15) is 0 Å². The average molecular weight is 280 g/mol. The van der Waals surface area contributed by atoms with Gasteiger partial charge in [0.1, 0.15) is 0 Å². The molecule has 1 aromatic heterocycles. The van der Waals surface area contributed by atoms with Gasteiger partial charge >= 0.3 is 0 Å². The summed E-state index contributed by atoms with van der Waals surface area (Å²) >= 11 is 0. The molecule has 0 saturated carbocycles. The molecular formula is C15H16N6. The third-order valence-electron chi connectivity index (χ3n) is 3.22. The van der Waals surface area contributed by atoms with Crippen LogP contribution in [0.2, 0.25) is 0 Å². The lowest BCUT2D eigenvalue weighted by molar-refractivity contribution is 0.594. The van der Waals surface area contributed by atoms with Gasteiger partial charge in [0.25, 0.3) is 0 Å². The Bertz CT molecular complexity index is 715. The maximum absolute atomic E-state index is 5.82. The van der Waals surface area contributed by atoms with Crippen LogP contribution in [0, 0.1) is 0 Å². The van der Waals surface area contributed by atoms with Crippen LogP contribution in [0.25, 0.3) is 11.4 Å². The molecule has 0 aliphatic heterocycles. The largest absolute Gasteiger partial charge is 0.399 e.